The highest BCUT2D eigenvalue weighted by Crippen LogP contribution is 2.31. The van der Waals surface area contributed by atoms with E-state index in [4.69, 9.17) is 4.74 Å². The number of rotatable bonds is 5. The van der Waals surface area contributed by atoms with Gasteiger partial charge < -0.3 is 15.0 Å². The number of pyridine rings is 1. The van der Waals surface area contributed by atoms with Gasteiger partial charge in [0.25, 0.3) is 0 Å². The van der Waals surface area contributed by atoms with E-state index in [0.29, 0.717) is 11.6 Å². The SMILES string of the molecule is COCC(=O)N1CCCCC1c1cc(Nc2ccccn2)nc(C)n1. The number of carbonyl (C=O) groups excluding carboxylic acids is 1. The number of hydrogen-bond donors (Lipinski definition) is 1. The van der Waals surface area contributed by atoms with Gasteiger partial charge in [-0.05, 0) is 38.3 Å². The number of aryl methyl sites for hydroxylation is 1. The summed E-state index contributed by atoms with van der Waals surface area (Å²) in [6, 6.07) is 7.53. The molecule has 3 rings (SSSR count). The van der Waals surface area contributed by atoms with Gasteiger partial charge >= 0.3 is 0 Å². The molecule has 0 bridgehead atoms. The molecule has 0 radical (unpaired) electrons. The number of nitrogens with one attached hydrogen (secondary N) is 1. The zero-order valence-electron chi connectivity index (χ0n) is 14.6. The van der Waals surface area contributed by atoms with E-state index in [1.165, 1.54) is 0 Å². The molecule has 132 valence electrons. The van der Waals surface area contributed by atoms with Crippen LogP contribution in [0.15, 0.2) is 30.5 Å². The Hall–Kier alpha value is -2.54. The average molecular weight is 341 g/mol. The second-order valence-electron chi connectivity index (χ2n) is 6.10. The fraction of sp³-hybridized carbons (Fsp3) is 0.444. The number of carbonyl (C=O) groups is 1. The van der Waals surface area contributed by atoms with Crippen LogP contribution in [0.4, 0.5) is 11.6 Å². The van der Waals surface area contributed by atoms with Gasteiger partial charge in [-0.3, -0.25) is 4.79 Å². The van der Waals surface area contributed by atoms with Crippen molar-refractivity contribution in [1.29, 1.82) is 0 Å². The van der Waals surface area contributed by atoms with Crippen molar-refractivity contribution in [1.82, 2.24) is 19.9 Å². The largest absolute Gasteiger partial charge is 0.375 e. The average Bonchev–Trinajstić information content (AvgIpc) is 2.62. The Morgan fingerprint density at radius 3 is 2.96 bits per heavy atom. The third kappa shape index (κ3) is 4.30. The quantitative estimate of drug-likeness (QED) is 0.900. The summed E-state index contributed by atoms with van der Waals surface area (Å²) in [6.07, 6.45) is 4.71. The first-order valence-corrected chi connectivity index (χ1v) is 8.49. The highest BCUT2D eigenvalue weighted by molar-refractivity contribution is 5.78. The summed E-state index contributed by atoms with van der Waals surface area (Å²) < 4.78 is 5.02. The molecule has 3 heterocycles. The highest BCUT2D eigenvalue weighted by atomic mass is 16.5. The van der Waals surface area contributed by atoms with E-state index >= 15 is 0 Å². The number of anilines is 2. The van der Waals surface area contributed by atoms with Crippen molar-refractivity contribution in [2.75, 3.05) is 25.6 Å². The summed E-state index contributed by atoms with van der Waals surface area (Å²) in [5, 5.41) is 3.20. The minimum absolute atomic E-state index is 0.00250. The number of aromatic nitrogens is 3. The summed E-state index contributed by atoms with van der Waals surface area (Å²) in [6.45, 7) is 2.69. The first-order chi connectivity index (χ1) is 12.2. The van der Waals surface area contributed by atoms with E-state index in [-0.39, 0.29) is 18.6 Å². The van der Waals surface area contributed by atoms with Crippen LogP contribution >= 0.6 is 0 Å². The molecule has 0 spiro atoms. The van der Waals surface area contributed by atoms with Gasteiger partial charge in [0, 0.05) is 25.9 Å². The molecule has 2 aromatic heterocycles. The van der Waals surface area contributed by atoms with Crippen molar-refractivity contribution in [2.45, 2.75) is 32.2 Å². The Bertz CT molecular complexity index is 723. The van der Waals surface area contributed by atoms with Crippen LogP contribution in [0.1, 0.15) is 36.8 Å². The Labute approximate surface area is 147 Å². The number of likely N-dealkylation sites (tertiary alicyclic amines) is 1. The van der Waals surface area contributed by atoms with Crippen LogP contribution in [0.25, 0.3) is 0 Å². The second-order valence-corrected chi connectivity index (χ2v) is 6.10. The summed E-state index contributed by atoms with van der Waals surface area (Å²) in [7, 11) is 1.54. The molecule has 7 nitrogen and oxygen atoms in total. The number of nitrogens with zero attached hydrogens (tertiary/aromatic N) is 4. The number of ether oxygens (including phenoxy) is 1. The summed E-state index contributed by atoms with van der Waals surface area (Å²) in [4.78, 5) is 27.5. The normalized spacial score (nSPS) is 17.4. The molecule has 1 N–H and O–H groups in total. The summed E-state index contributed by atoms with van der Waals surface area (Å²) in [5.74, 6) is 2.08. The molecule has 1 atom stereocenters. The number of methoxy groups -OCH3 is 1. The van der Waals surface area contributed by atoms with Crippen molar-refractivity contribution in [3.05, 3.63) is 42.0 Å². The lowest BCUT2D eigenvalue weighted by molar-refractivity contribution is -0.139. The maximum Gasteiger partial charge on any atom is 0.249 e. The predicted octanol–water partition coefficient (Wildman–Crippen LogP) is 2.62. The Morgan fingerprint density at radius 2 is 2.20 bits per heavy atom. The molecule has 1 aliphatic rings. The van der Waals surface area contributed by atoms with Crippen LogP contribution in [0.2, 0.25) is 0 Å². The van der Waals surface area contributed by atoms with Gasteiger partial charge in [-0.1, -0.05) is 6.07 Å². The topological polar surface area (TPSA) is 80.2 Å². The first-order valence-electron chi connectivity index (χ1n) is 8.49. The molecule has 1 saturated heterocycles. The summed E-state index contributed by atoms with van der Waals surface area (Å²) >= 11 is 0. The van der Waals surface area contributed by atoms with Crippen LogP contribution in [0.3, 0.4) is 0 Å². The lowest BCUT2D eigenvalue weighted by atomic mass is 9.98. The van der Waals surface area contributed by atoms with Crippen molar-refractivity contribution in [3.8, 4) is 0 Å². The van der Waals surface area contributed by atoms with Crippen LogP contribution in [-0.4, -0.2) is 46.0 Å². The number of hydrogen-bond acceptors (Lipinski definition) is 6. The van der Waals surface area contributed by atoms with Gasteiger partial charge in [0.2, 0.25) is 5.91 Å². The van der Waals surface area contributed by atoms with Crippen LogP contribution in [-0.2, 0) is 9.53 Å². The Morgan fingerprint density at radius 1 is 1.32 bits per heavy atom. The molecule has 1 fully saturated rings. The van der Waals surface area contributed by atoms with E-state index in [2.05, 4.69) is 20.3 Å². The Kier molecular flexibility index (Phi) is 5.55. The molecule has 25 heavy (non-hydrogen) atoms. The molecule has 1 amide bonds. The molecule has 7 heteroatoms. The van der Waals surface area contributed by atoms with Gasteiger partial charge in [0.15, 0.2) is 0 Å². The molecule has 2 aromatic rings. The van der Waals surface area contributed by atoms with Crippen molar-refractivity contribution in [3.63, 3.8) is 0 Å². The smallest absolute Gasteiger partial charge is 0.249 e. The molecule has 0 aliphatic carbocycles. The maximum absolute atomic E-state index is 12.4. The second kappa shape index (κ2) is 8.02. The summed E-state index contributed by atoms with van der Waals surface area (Å²) in [5.41, 5.74) is 0.857. The van der Waals surface area contributed by atoms with Crippen molar-refractivity contribution < 1.29 is 9.53 Å². The zero-order valence-corrected chi connectivity index (χ0v) is 14.6. The van der Waals surface area contributed by atoms with Crippen molar-refractivity contribution >= 4 is 17.5 Å². The third-order valence-corrected chi connectivity index (χ3v) is 4.21. The standard InChI is InChI=1S/C18H23N5O2/c1-13-20-14(11-17(21-13)22-16-8-3-5-9-19-16)15-7-4-6-10-23(15)18(24)12-25-2/h3,5,8-9,11,15H,4,6-7,10,12H2,1-2H3,(H,19,20,21,22). The van der Waals surface area contributed by atoms with E-state index in [9.17, 15) is 4.79 Å². The third-order valence-electron chi connectivity index (χ3n) is 4.21. The predicted molar refractivity (Wildman–Crippen MR) is 94.5 cm³/mol. The van der Waals surface area contributed by atoms with Gasteiger partial charge in [-0.15, -0.1) is 0 Å². The van der Waals surface area contributed by atoms with Crippen LogP contribution in [0.5, 0.6) is 0 Å². The van der Waals surface area contributed by atoms with Gasteiger partial charge in [0.05, 0.1) is 11.7 Å². The van der Waals surface area contributed by atoms with Gasteiger partial charge in [-0.25, -0.2) is 15.0 Å². The van der Waals surface area contributed by atoms with E-state index < -0.39 is 0 Å². The lowest BCUT2D eigenvalue weighted by Crippen LogP contribution is -2.40. The van der Waals surface area contributed by atoms with Gasteiger partial charge in [0.1, 0.15) is 24.1 Å². The molecular formula is C18H23N5O2. The Balaban J connectivity index is 1.86. The molecule has 1 aliphatic heterocycles. The van der Waals surface area contributed by atoms with E-state index in [0.717, 1.165) is 37.3 Å². The molecular weight excluding hydrogens is 318 g/mol. The monoisotopic (exact) mass is 341 g/mol. The van der Waals surface area contributed by atoms with E-state index in [1.807, 2.05) is 36.1 Å². The fourth-order valence-electron chi connectivity index (χ4n) is 3.14. The van der Waals surface area contributed by atoms with Crippen molar-refractivity contribution in [2.24, 2.45) is 0 Å². The van der Waals surface area contributed by atoms with Crippen LogP contribution in [0, 0.1) is 6.92 Å². The molecule has 0 aromatic carbocycles. The number of amides is 1. The first kappa shape index (κ1) is 17.3. The van der Waals surface area contributed by atoms with Gasteiger partial charge in [-0.2, -0.15) is 0 Å². The maximum atomic E-state index is 12.4. The lowest BCUT2D eigenvalue weighted by Gasteiger charge is -2.35. The minimum atomic E-state index is -0.0395. The van der Waals surface area contributed by atoms with Crippen LogP contribution < -0.4 is 5.32 Å². The molecule has 1 unspecified atom stereocenters. The highest BCUT2D eigenvalue weighted by Gasteiger charge is 2.29. The molecule has 0 saturated carbocycles. The minimum Gasteiger partial charge on any atom is -0.375 e. The fourth-order valence-corrected chi connectivity index (χ4v) is 3.14. The zero-order chi connectivity index (χ0) is 17.6. The van der Waals surface area contributed by atoms with E-state index in [1.54, 1.807) is 13.3 Å². The number of piperidine rings is 1.